The predicted molar refractivity (Wildman–Crippen MR) is 123 cm³/mol. The number of anilines is 1. The summed E-state index contributed by atoms with van der Waals surface area (Å²) in [6.45, 7) is 0.248. The lowest BCUT2D eigenvalue weighted by molar-refractivity contribution is -0.117. The van der Waals surface area contributed by atoms with Gasteiger partial charge in [-0.1, -0.05) is 48.5 Å². The molecule has 4 aromatic rings. The Morgan fingerprint density at radius 2 is 1.75 bits per heavy atom. The molecule has 1 aliphatic rings. The summed E-state index contributed by atoms with van der Waals surface area (Å²) in [5.74, 6) is -0.209. The number of ether oxygens (including phenoxy) is 1. The zero-order valence-corrected chi connectivity index (χ0v) is 17.4. The second-order valence-corrected chi connectivity index (χ2v) is 8.06. The molecule has 0 spiro atoms. The van der Waals surface area contributed by atoms with E-state index < -0.39 is 0 Å². The molecule has 3 aromatic carbocycles. The Kier molecular flexibility index (Phi) is 5.38. The van der Waals surface area contributed by atoms with E-state index in [9.17, 15) is 9.59 Å². The first-order valence-corrected chi connectivity index (χ1v) is 10.6. The molecule has 5 heteroatoms. The number of aromatic nitrogens is 1. The number of nitrogens with one attached hydrogen (secondary N) is 1. The second kappa shape index (κ2) is 8.63. The Morgan fingerprint density at radius 1 is 0.938 bits per heavy atom. The van der Waals surface area contributed by atoms with Crippen LogP contribution in [0.5, 0.6) is 0 Å². The van der Waals surface area contributed by atoms with E-state index in [-0.39, 0.29) is 30.3 Å². The van der Waals surface area contributed by atoms with E-state index in [4.69, 9.17) is 4.74 Å². The van der Waals surface area contributed by atoms with Crippen molar-refractivity contribution < 1.29 is 14.3 Å². The number of rotatable bonds is 6. The number of esters is 1. The molecule has 1 fully saturated rings. The highest BCUT2D eigenvalue weighted by molar-refractivity contribution is 5.97. The van der Waals surface area contributed by atoms with Crippen molar-refractivity contribution in [3.05, 3.63) is 108 Å². The fourth-order valence-corrected chi connectivity index (χ4v) is 3.92. The molecular weight excluding hydrogens is 400 g/mol. The lowest BCUT2D eigenvalue weighted by Crippen LogP contribution is -2.14. The van der Waals surface area contributed by atoms with Gasteiger partial charge in [-0.25, -0.2) is 4.79 Å². The van der Waals surface area contributed by atoms with Gasteiger partial charge in [0.25, 0.3) is 0 Å². The van der Waals surface area contributed by atoms with Gasteiger partial charge in [-0.3, -0.25) is 9.78 Å². The fraction of sp³-hybridized carbons (Fsp3) is 0.148. The minimum atomic E-state index is -0.350. The Balaban J connectivity index is 1.17. The van der Waals surface area contributed by atoms with Crippen LogP contribution in [0.2, 0.25) is 0 Å². The number of nitrogens with zero attached hydrogens (tertiary/aromatic N) is 1. The van der Waals surface area contributed by atoms with Crippen LogP contribution < -0.4 is 5.32 Å². The van der Waals surface area contributed by atoms with Gasteiger partial charge in [-0.2, -0.15) is 0 Å². The molecule has 2 unspecified atom stereocenters. The van der Waals surface area contributed by atoms with Gasteiger partial charge in [0.1, 0.15) is 6.61 Å². The first-order valence-electron chi connectivity index (χ1n) is 10.6. The van der Waals surface area contributed by atoms with Crippen LogP contribution in [-0.4, -0.2) is 16.9 Å². The van der Waals surface area contributed by atoms with E-state index in [0.29, 0.717) is 5.56 Å². The first-order chi connectivity index (χ1) is 15.7. The fourth-order valence-electron chi connectivity index (χ4n) is 3.92. The van der Waals surface area contributed by atoms with Crippen molar-refractivity contribution in [2.45, 2.75) is 18.9 Å². The summed E-state index contributed by atoms with van der Waals surface area (Å²) in [5.41, 5.74) is 3.31. The van der Waals surface area contributed by atoms with E-state index >= 15 is 0 Å². The third-order valence-corrected chi connectivity index (χ3v) is 5.82. The maximum Gasteiger partial charge on any atom is 0.338 e. The molecule has 0 saturated heterocycles. The van der Waals surface area contributed by atoms with Gasteiger partial charge in [-0.15, -0.1) is 0 Å². The van der Waals surface area contributed by atoms with Crippen LogP contribution in [0.25, 0.3) is 10.8 Å². The van der Waals surface area contributed by atoms with Crippen molar-refractivity contribution in [2.24, 2.45) is 5.92 Å². The molecule has 32 heavy (non-hydrogen) atoms. The first kappa shape index (κ1) is 19.9. The van der Waals surface area contributed by atoms with Crippen molar-refractivity contribution in [3.8, 4) is 0 Å². The molecule has 1 heterocycles. The number of hydrogen-bond acceptors (Lipinski definition) is 4. The Labute approximate surface area is 186 Å². The zero-order valence-electron chi connectivity index (χ0n) is 17.4. The normalized spacial score (nSPS) is 17.0. The summed E-state index contributed by atoms with van der Waals surface area (Å²) >= 11 is 0. The molecule has 0 bridgehead atoms. The zero-order chi connectivity index (χ0) is 21.9. The van der Waals surface area contributed by atoms with E-state index in [1.54, 1.807) is 24.5 Å². The third-order valence-electron chi connectivity index (χ3n) is 5.82. The molecular formula is C27H22N2O3. The molecule has 5 rings (SSSR count). The summed E-state index contributed by atoms with van der Waals surface area (Å²) in [6, 6.07) is 24.7. The Morgan fingerprint density at radius 3 is 2.56 bits per heavy atom. The van der Waals surface area contributed by atoms with Crippen molar-refractivity contribution in [3.63, 3.8) is 0 Å². The van der Waals surface area contributed by atoms with Crippen LogP contribution in [-0.2, 0) is 16.1 Å². The molecule has 1 N–H and O–H groups in total. The number of hydrogen-bond donors (Lipinski definition) is 1. The quantitative estimate of drug-likeness (QED) is 0.426. The standard InChI is InChI=1S/C27H22N2O3/c30-26(29-23-11-10-22-16-28-13-12-21(22)14-23)25-15-24(25)19-6-8-20(9-7-19)27(31)32-17-18-4-2-1-3-5-18/h1-14,16,24-25H,15,17H2,(H,29,30). The van der Waals surface area contributed by atoms with Crippen molar-refractivity contribution in [1.82, 2.24) is 4.98 Å². The van der Waals surface area contributed by atoms with Crippen LogP contribution in [0.4, 0.5) is 5.69 Å². The molecule has 5 nitrogen and oxygen atoms in total. The maximum atomic E-state index is 12.7. The lowest BCUT2D eigenvalue weighted by atomic mass is 10.1. The maximum absolute atomic E-state index is 12.7. The smallest absolute Gasteiger partial charge is 0.338 e. The molecule has 0 aliphatic heterocycles. The van der Waals surface area contributed by atoms with Gasteiger partial charge in [0.15, 0.2) is 0 Å². The largest absolute Gasteiger partial charge is 0.457 e. The van der Waals surface area contributed by atoms with Crippen LogP contribution in [0.1, 0.15) is 33.8 Å². The molecule has 1 amide bonds. The lowest BCUT2D eigenvalue weighted by Gasteiger charge is -2.07. The van der Waals surface area contributed by atoms with Crippen LogP contribution in [0, 0.1) is 5.92 Å². The number of amides is 1. The average Bonchev–Trinajstić information content (AvgIpc) is 3.64. The molecule has 158 valence electrons. The van der Waals surface area contributed by atoms with Gasteiger partial charge in [0, 0.05) is 29.4 Å². The van der Waals surface area contributed by atoms with Crippen LogP contribution in [0.15, 0.2) is 91.3 Å². The van der Waals surface area contributed by atoms with E-state index in [2.05, 4.69) is 10.3 Å². The van der Waals surface area contributed by atoms with E-state index in [1.165, 1.54) is 0 Å². The SMILES string of the molecule is O=C(OCc1ccccc1)c1ccc(C2CC2C(=O)Nc2ccc3cnccc3c2)cc1. The van der Waals surface area contributed by atoms with E-state index in [1.807, 2.05) is 66.7 Å². The van der Waals surface area contributed by atoms with E-state index in [0.717, 1.165) is 34.0 Å². The third kappa shape index (κ3) is 4.37. The van der Waals surface area contributed by atoms with Crippen LogP contribution >= 0.6 is 0 Å². The Bertz CT molecular complexity index is 1270. The van der Waals surface area contributed by atoms with Crippen molar-refractivity contribution >= 4 is 28.3 Å². The summed E-state index contributed by atoms with van der Waals surface area (Å²) in [7, 11) is 0. The topological polar surface area (TPSA) is 68.3 Å². The number of fused-ring (bicyclic) bond motifs is 1. The number of carbonyl (C=O) groups is 2. The number of benzene rings is 3. The summed E-state index contributed by atoms with van der Waals surface area (Å²) in [6.07, 6.45) is 4.35. The molecule has 0 radical (unpaired) electrons. The molecule has 1 saturated carbocycles. The highest BCUT2D eigenvalue weighted by Crippen LogP contribution is 2.48. The highest BCUT2D eigenvalue weighted by atomic mass is 16.5. The van der Waals surface area contributed by atoms with Gasteiger partial charge in [0.05, 0.1) is 5.56 Å². The molecule has 2 atom stereocenters. The number of pyridine rings is 1. The minimum Gasteiger partial charge on any atom is -0.457 e. The van der Waals surface area contributed by atoms with Crippen LogP contribution in [0.3, 0.4) is 0 Å². The van der Waals surface area contributed by atoms with Gasteiger partial charge < -0.3 is 10.1 Å². The summed E-state index contributed by atoms with van der Waals surface area (Å²) in [5, 5.41) is 5.10. The second-order valence-electron chi connectivity index (χ2n) is 8.06. The minimum absolute atomic E-state index is 0.0229. The van der Waals surface area contributed by atoms with Gasteiger partial charge in [0.2, 0.25) is 5.91 Å². The van der Waals surface area contributed by atoms with Gasteiger partial charge in [-0.05, 0) is 59.2 Å². The average molecular weight is 422 g/mol. The monoisotopic (exact) mass is 422 g/mol. The Hall–Kier alpha value is -3.99. The van der Waals surface area contributed by atoms with Crippen molar-refractivity contribution in [2.75, 3.05) is 5.32 Å². The molecule has 1 aromatic heterocycles. The predicted octanol–water partition coefficient (Wildman–Crippen LogP) is 5.33. The van der Waals surface area contributed by atoms with Crippen molar-refractivity contribution in [1.29, 1.82) is 0 Å². The summed E-state index contributed by atoms with van der Waals surface area (Å²) in [4.78, 5) is 29.1. The van der Waals surface area contributed by atoms with Gasteiger partial charge >= 0.3 is 5.97 Å². The molecule has 1 aliphatic carbocycles. The number of carbonyl (C=O) groups excluding carboxylic acids is 2. The summed E-state index contributed by atoms with van der Waals surface area (Å²) < 4.78 is 5.38. The highest BCUT2D eigenvalue weighted by Gasteiger charge is 2.43.